The van der Waals surface area contributed by atoms with Crippen molar-refractivity contribution in [3.63, 3.8) is 0 Å². The van der Waals surface area contributed by atoms with E-state index in [9.17, 15) is 14.7 Å². The molecule has 1 aliphatic heterocycles. The van der Waals surface area contributed by atoms with Crippen molar-refractivity contribution in [1.29, 1.82) is 0 Å². The van der Waals surface area contributed by atoms with Crippen LogP contribution in [0.2, 0.25) is 0 Å². The third kappa shape index (κ3) is 1.68. The van der Waals surface area contributed by atoms with Crippen LogP contribution in [0.25, 0.3) is 0 Å². The number of aliphatic hydroxyl groups is 1. The van der Waals surface area contributed by atoms with Gasteiger partial charge in [0.1, 0.15) is 6.04 Å². The van der Waals surface area contributed by atoms with Crippen molar-refractivity contribution in [2.24, 2.45) is 0 Å². The molecule has 0 fully saturated rings. The monoisotopic (exact) mass is 235 g/mol. The summed E-state index contributed by atoms with van der Waals surface area (Å²) in [5, 5.41) is 19.0. The van der Waals surface area contributed by atoms with Crippen LogP contribution in [0.3, 0.4) is 0 Å². The maximum absolute atomic E-state index is 12.0. The fourth-order valence-corrected chi connectivity index (χ4v) is 2.12. The number of hydrogen-bond donors (Lipinski definition) is 2. The van der Waals surface area contributed by atoms with E-state index in [1.165, 1.54) is 0 Å². The Morgan fingerprint density at radius 1 is 1.47 bits per heavy atom. The first kappa shape index (κ1) is 11.6. The molecule has 1 aromatic carbocycles. The van der Waals surface area contributed by atoms with Gasteiger partial charge in [-0.3, -0.25) is 9.69 Å². The maximum Gasteiger partial charge on any atom is 0.326 e. The van der Waals surface area contributed by atoms with E-state index in [-0.39, 0.29) is 6.42 Å². The molecular weight excluding hydrogens is 222 g/mol. The maximum atomic E-state index is 12.0. The highest BCUT2D eigenvalue weighted by Gasteiger charge is 2.41. The summed E-state index contributed by atoms with van der Waals surface area (Å²) >= 11 is 0. The summed E-state index contributed by atoms with van der Waals surface area (Å²) in [5.41, 5.74) is 0.844. The lowest BCUT2D eigenvalue weighted by Crippen LogP contribution is -2.43. The zero-order valence-electron chi connectivity index (χ0n) is 9.33. The van der Waals surface area contributed by atoms with Gasteiger partial charge in [0.05, 0.1) is 0 Å². The summed E-state index contributed by atoms with van der Waals surface area (Å²) in [5.74, 6) is -1.53. The van der Waals surface area contributed by atoms with Gasteiger partial charge >= 0.3 is 5.97 Å². The van der Waals surface area contributed by atoms with Crippen LogP contribution in [0.4, 0.5) is 0 Å². The number of amides is 1. The fourth-order valence-electron chi connectivity index (χ4n) is 2.12. The Hall–Kier alpha value is -1.88. The Balaban J connectivity index is 2.42. The average molecular weight is 235 g/mol. The normalized spacial score (nSPS) is 20.2. The van der Waals surface area contributed by atoms with Crippen LogP contribution >= 0.6 is 0 Å². The first-order valence-corrected chi connectivity index (χ1v) is 5.40. The van der Waals surface area contributed by atoms with Crippen molar-refractivity contribution in [3.05, 3.63) is 35.4 Å². The smallest absolute Gasteiger partial charge is 0.326 e. The van der Waals surface area contributed by atoms with Crippen molar-refractivity contribution in [2.45, 2.75) is 25.6 Å². The van der Waals surface area contributed by atoms with Crippen molar-refractivity contribution >= 4 is 11.9 Å². The predicted octanol–water partition coefficient (Wildman–Crippen LogP) is 0.997. The number of carboxylic acids is 1. The van der Waals surface area contributed by atoms with Crippen molar-refractivity contribution in [3.8, 4) is 0 Å². The molecule has 90 valence electrons. The van der Waals surface area contributed by atoms with Gasteiger partial charge in [-0.25, -0.2) is 4.79 Å². The topological polar surface area (TPSA) is 77.8 Å². The summed E-state index contributed by atoms with van der Waals surface area (Å²) < 4.78 is 0. The minimum atomic E-state index is -1.17. The van der Waals surface area contributed by atoms with Gasteiger partial charge in [-0.2, -0.15) is 0 Å². The number of hydrogen-bond acceptors (Lipinski definition) is 3. The highest BCUT2D eigenvalue weighted by molar-refractivity contribution is 6.00. The van der Waals surface area contributed by atoms with E-state index in [2.05, 4.69) is 0 Å². The number of carbonyl (C=O) groups is 2. The average Bonchev–Trinajstić information content (AvgIpc) is 2.56. The number of nitrogens with zero attached hydrogens (tertiary/aromatic N) is 1. The third-order valence-electron chi connectivity index (χ3n) is 2.97. The van der Waals surface area contributed by atoms with E-state index in [0.717, 1.165) is 4.90 Å². The number of aliphatic hydroxyl groups excluding tert-OH is 1. The molecule has 5 heteroatoms. The largest absolute Gasteiger partial charge is 0.480 e. The van der Waals surface area contributed by atoms with Crippen LogP contribution in [0.5, 0.6) is 0 Å². The molecule has 1 aromatic rings. The van der Waals surface area contributed by atoms with Gasteiger partial charge in [0.15, 0.2) is 6.23 Å². The molecule has 0 radical (unpaired) electrons. The van der Waals surface area contributed by atoms with Gasteiger partial charge in [0.25, 0.3) is 5.91 Å². The Labute approximate surface area is 98.3 Å². The number of benzene rings is 1. The molecule has 1 heterocycles. The zero-order chi connectivity index (χ0) is 12.6. The van der Waals surface area contributed by atoms with Gasteiger partial charge in [0.2, 0.25) is 0 Å². The molecule has 0 aliphatic carbocycles. The lowest BCUT2D eigenvalue weighted by atomic mass is 10.1. The number of rotatable bonds is 3. The molecule has 2 atom stereocenters. The molecule has 1 amide bonds. The first-order valence-electron chi connectivity index (χ1n) is 5.40. The predicted molar refractivity (Wildman–Crippen MR) is 59.3 cm³/mol. The third-order valence-corrected chi connectivity index (χ3v) is 2.97. The molecule has 2 rings (SSSR count). The second-order valence-electron chi connectivity index (χ2n) is 3.94. The molecule has 0 bridgehead atoms. The molecule has 5 nitrogen and oxygen atoms in total. The van der Waals surface area contributed by atoms with Crippen LogP contribution in [-0.2, 0) is 4.79 Å². The van der Waals surface area contributed by atoms with Crippen molar-refractivity contribution in [1.82, 2.24) is 4.90 Å². The minimum Gasteiger partial charge on any atom is -0.480 e. The van der Waals surface area contributed by atoms with E-state index in [0.29, 0.717) is 11.1 Å². The van der Waals surface area contributed by atoms with Gasteiger partial charge in [0, 0.05) is 11.1 Å². The lowest BCUT2D eigenvalue weighted by molar-refractivity contribution is -0.146. The van der Waals surface area contributed by atoms with E-state index in [1.54, 1.807) is 31.2 Å². The summed E-state index contributed by atoms with van der Waals surface area (Å²) in [7, 11) is 0. The molecule has 0 spiro atoms. The van der Waals surface area contributed by atoms with Gasteiger partial charge in [-0.1, -0.05) is 25.1 Å². The SMILES string of the molecule is CC[C@H](C(=O)O)N1C(=O)c2ccccc2[C@@H]1O. The van der Waals surface area contributed by atoms with Gasteiger partial charge in [-0.15, -0.1) is 0 Å². The summed E-state index contributed by atoms with van der Waals surface area (Å²) in [4.78, 5) is 24.1. The second-order valence-corrected chi connectivity index (χ2v) is 3.94. The van der Waals surface area contributed by atoms with Gasteiger partial charge in [-0.05, 0) is 12.5 Å². The lowest BCUT2D eigenvalue weighted by Gasteiger charge is -2.26. The van der Waals surface area contributed by atoms with Crippen molar-refractivity contribution in [2.75, 3.05) is 0 Å². The Kier molecular flexibility index (Phi) is 2.85. The highest BCUT2D eigenvalue weighted by Crippen LogP contribution is 2.33. The van der Waals surface area contributed by atoms with Crippen LogP contribution < -0.4 is 0 Å². The molecule has 0 saturated heterocycles. The van der Waals surface area contributed by atoms with Crippen LogP contribution in [-0.4, -0.2) is 33.0 Å². The van der Waals surface area contributed by atoms with Crippen LogP contribution in [0.15, 0.2) is 24.3 Å². The highest BCUT2D eigenvalue weighted by atomic mass is 16.4. The minimum absolute atomic E-state index is 0.256. The standard InChI is InChI=1S/C12H13NO4/c1-2-9(12(16)17)13-10(14)7-5-3-4-6-8(7)11(13)15/h3-6,9-10,14H,2H2,1H3,(H,16,17)/t9-,10+/m1/s1. The Morgan fingerprint density at radius 3 is 2.65 bits per heavy atom. The molecular formula is C12H13NO4. The van der Waals surface area contributed by atoms with E-state index >= 15 is 0 Å². The van der Waals surface area contributed by atoms with Crippen molar-refractivity contribution < 1.29 is 19.8 Å². The molecule has 0 unspecified atom stereocenters. The fraction of sp³-hybridized carbons (Fsp3) is 0.333. The number of aliphatic carboxylic acids is 1. The number of carbonyl (C=O) groups excluding carboxylic acids is 1. The summed E-state index contributed by atoms with van der Waals surface area (Å²) in [6.45, 7) is 1.67. The molecule has 0 saturated carbocycles. The van der Waals surface area contributed by atoms with Crippen LogP contribution in [0.1, 0.15) is 35.5 Å². The molecule has 2 N–H and O–H groups in total. The van der Waals surface area contributed by atoms with Gasteiger partial charge < -0.3 is 10.2 Å². The zero-order valence-corrected chi connectivity index (χ0v) is 9.33. The van der Waals surface area contributed by atoms with E-state index in [4.69, 9.17) is 5.11 Å². The molecule has 0 aromatic heterocycles. The van der Waals surface area contributed by atoms with E-state index in [1.807, 2.05) is 0 Å². The van der Waals surface area contributed by atoms with E-state index < -0.39 is 24.1 Å². The number of carboxylic acid groups (broad SMARTS) is 1. The quantitative estimate of drug-likeness (QED) is 0.819. The first-order chi connectivity index (χ1) is 8.07. The Bertz CT molecular complexity index is 471. The summed E-state index contributed by atoms with van der Waals surface area (Å²) in [6, 6.07) is 5.63. The molecule has 1 aliphatic rings. The molecule has 17 heavy (non-hydrogen) atoms. The second kappa shape index (κ2) is 4.18. The Morgan fingerprint density at radius 2 is 2.12 bits per heavy atom. The van der Waals surface area contributed by atoms with Crippen LogP contribution in [0, 0.1) is 0 Å². The summed E-state index contributed by atoms with van der Waals surface area (Å²) in [6.07, 6.45) is -0.911. The number of fused-ring (bicyclic) bond motifs is 1.